The molecule has 2 fully saturated rings. The van der Waals surface area contributed by atoms with Crippen molar-refractivity contribution in [3.63, 3.8) is 0 Å². The van der Waals surface area contributed by atoms with Gasteiger partial charge in [-0.05, 0) is 36.1 Å². The number of halogens is 6. The predicted octanol–water partition coefficient (Wildman–Crippen LogP) is 4.51. The van der Waals surface area contributed by atoms with E-state index >= 15 is 0 Å². The van der Waals surface area contributed by atoms with E-state index in [1.165, 1.54) is 7.11 Å². The molecule has 1 aromatic carbocycles. The second-order valence-electron chi connectivity index (χ2n) is 11.6. The summed E-state index contributed by atoms with van der Waals surface area (Å²) in [7, 11) is 1.46. The Bertz CT molecular complexity index is 1740. The molecule has 5 rings (SSSR count). The summed E-state index contributed by atoms with van der Waals surface area (Å²) >= 11 is 0. The molecule has 50 heavy (non-hydrogen) atoms. The predicted molar refractivity (Wildman–Crippen MR) is 165 cm³/mol. The number of nitrogens with one attached hydrogen (secondary N) is 1. The minimum absolute atomic E-state index is 0.155. The van der Waals surface area contributed by atoms with Crippen LogP contribution in [0.1, 0.15) is 36.0 Å². The molecule has 2 saturated heterocycles. The third kappa shape index (κ3) is 8.54. The fourth-order valence-corrected chi connectivity index (χ4v) is 5.82. The maximum Gasteiger partial charge on any atom is 0.423 e. The van der Waals surface area contributed by atoms with Crippen LogP contribution in [0.5, 0.6) is 5.75 Å². The second kappa shape index (κ2) is 15.2. The summed E-state index contributed by atoms with van der Waals surface area (Å²) in [5.41, 5.74) is 4.91. The lowest BCUT2D eigenvalue weighted by Crippen LogP contribution is -2.47. The zero-order chi connectivity index (χ0) is 36.1. The Morgan fingerprint density at radius 3 is 2.28 bits per heavy atom. The summed E-state index contributed by atoms with van der Waals surface area (Å²) < 4.78 is 92.7. The van der Waals surface area contributed by atoms with Crippen molar-refractivity contribution < 1.29 is 40.6 Å². The van der Waals surface area contributed by atoms with E-state index in [-0.39, 0.29) is 37.6 Å². The molecule has 0 bridgehead atoms. The Morgan fingerprint density at radius 2 is 1.68 bits per heavy atom. The molecule has 4 heterocycles. The minimum atomic E-state index is -5.07. The van der Waals surface area contributed by atoms with Gasteiger partial charge >= 0.3 is 12.4 Å². The van der Waals surface area contributed by atoms with E-state index in [0.29, 0.717) is 54.9 Å². The first kappa shape index (κ1) is 36.2. The number of carbonyl (C=O) groups is 1. The van der Waals surface area contributed by atoms with Gasteiger partial charge in [0.2, 0.25) is 5.95 Å². The number of carbonyl (C=O) groups excluding carboxylic acids is 1. The normalized spacial score (nSPS) is 17.8. The van der Waals surface area contributed by atoms with Crippen molar-refractivity contribution in [1.82, 2.24) is 24.6 Å². The van der Waals surface area contributed by atoms with E-state index in [1.54, 1.807) is 34.1 Å². The number of nitrogens with zero attached hydrogens (tertiary/aromatic N) is 9. The number of rotatable bonds is 12. The van der Waals surface area contributed by atoms with Gasteiger partial charge in [-0.15, -0.1) is 0 Å². The van der Waals surface area contributed by atoms with Gasteiger partial charge < -0.3 is 24.6 Å². The molecule has 20 heteroatoms. The Hall–Kier alpha value is -5.10. The van der Waals surface area contributed by atoms with E-state index < -0.39 is 46.9 Å². The first-order valence-corrected chi connectivity index (χ1v) is 15.4. The van der Waals surface area contributed by atoms with Crippen molar-refractivity contribution >= 4 is 17.5 Å². The Labute approximate surface area is 280 Å². The minimum Gasteiger partial charge on any atom is -0.497 e. The second-order valence-corrected chi connectivity index (χ2v) is 11.6. The Kier molecular flexibility index (Phi) is 11.0. The molecule has 14 nitrogen and oxygen atoms in total. The Morgan fingerprint density at radius 1 is 1.00 bits per heavy atom. The van der Waals surface area contributed by atoms with Gasteiger partial charge in [0, 0.05) is 55.9 Å². The van der Waals surface area contributed by atoms with Crippen molar-refractivity contribution in [2.75, 3.05) is 50.1 Å². The highest BCUT2D eigenvalue weighted by Crippen LogP contribution is 2.33. The highest BCUT2D eigenvalue weighted by molar-refractivity contribution is 5.83. The van der Waals surface area contributed by atoms with Crippen LogP contribution in [0, 0.1) is 0 Å². The number of ether oxygens (including phenoxy) is 2. The topological polar surface area (TPSA) is 163 Å². The van der Waals surface area contributed by atoms with Crippen LogP contribution >= 0.6 is 0 Å². The number of azide groups is 1. The molecule has 3 aromatic rings. The van der Waals surface area contributed by atoms with E-state index in [1.807, 2.05) is 0 Å². The third-order valence-corrected chi connectivity index (χ3v) is 8.39. The number of methoxy groups -OCH3 is 1. The average molecular weight is 711 g/mol. The van der Waals surface area contributed by atoms with Crippen LogP contribution in [0.2, 0.25) is 0 Å². The SMILES string of the molecule is COc1ccc(Cn2ncc(N[C@@H](CN=[N+]=[N-])COC3CCN(C4CCN(c5ncc(C(F)(F)F)cn5)CC4)C3=O)c(C(F)(F)F)c2=O)cc1. The standard InChI is InChI=1S/C30H32F6N10O4/c1-49-22-4-2-18(3-5-22)16-46-27(48)25(30(34,35)36)23(15-41-46)42-20(14-40-43-37)17-50-24-8-11-45(26(24)47)21-6-9-44(10-7-21)28-38-12-19(13-39-28)29(31,32)33/h2-5,12-13,15,20-21,24,42H,6-11,14,16-17H2,1H3/t20-,24?/m0/s1. The molecular formula is C30H32F6N10O4. The van der Waals surface area contributed by atoms with Crippen molar-refractivity contribution in [3.05, 3.63) is 80.3 Å². The lowest BCUT2D eigenvalue weighted by atomic mass is 10.0. The van der Waals surface area contributed by atoms with Gasteiger partial charge in [-0.3, -0.25) is 9.59 Å². The van der Waals surface area contributed by atoms with Gasteiger partial charge in [0.1, 0.15) is 17.4 Å². The summed E-state index contributed by atoms with van der Waals surface area (Å²) in [6.07, 6.45) is -6.92. The summed E-state index contributed by atoms with van der Waals surface area (Å²) in [5, 5.41) is 9.95. The van der Waals surface area contributed by atoms with Crippen LogP contribution in [0.3, 0.4) is 0 Å². The number of amides is 1. The van der Waals surface area contributed by atoms with Crippen LogP contribution in [0.25, 0.3) is 10.4 Å². The lowest BCUT2D eigenvalue weighted by molar-refractivity contribution is -0.139. The van der Waals surface area contributed by atoms with Gasteiger partial charge in [-0.1, -0.05) is 17.2 Å². The van der Waals surface area contributed by atoms with E-state index in [2.05, 4.69) is 30.4 Å². The molecule has 1 N–H and O–H groups in total. The van der Waals surface area contributed by atoms with Crippen LogP contribution in [0.4, 0.5) is 38.0 Å². The molecule has 1 amide bonds. The van der Waals surface area contributed by atoms with Gasteiger partial charge in [0.25, 0.3) is 11.5 Å². The van der Waals surface area contributed by atoms with Gasteiger partial charge in [-0.2, -0.15) is 31.4 Å². The smallest absolute Gasteiger partial charge is 0.423 e. The first-order valence-electron chi connectivity index (χ1n) is 15.4. The van der Waals surface area contributed by atoms with Crippen LogP contribution in [-0.4, -0.2) is 88.6 Å². The monoisotopic (exact) mass is 710 g/mol. The molecule has 2 aliphatic rings. The number of aromatic nitrogens is 4. The molecule has 0 radical (unpaired) electrons. The molecule has 1 unspecified atom stereocenters. The largest absolute Gasteiger partial charge is 0.497 e. The molecule has 268 valence electrons. The van der Waals surface area contributed by atoms with Gasteiger partial charge in [0.15, 0.2) is 0 Å². The number of hydrogen-bond donors (Lipinski definition) is 1. The zero-order valence-corrected chi connectivity index (χ0v) is 26.6. The number of piperidine rings is 1. The number of alkyl halides is 6. The molecule has 2 aromatic heterocycles. The highest BCUT2D eigenvalue weighted by Gasteiger charge is 2.40. The molecule has 0 saturated carbocycles. The molecule has 2 atom stereocenters. The first-order chi connectivity index (χ1) is 23.8. The van der Waals surface area contributed by atoms with Gasteiger partial charge in [-0.25, -0.2) is 14.6 Å². The fourth-order valence-electron chi connectivity index (χ4n) is 5.82. The molecule has 0 aliphatic carbocycles. The van der Waals surface area contributed by atoms with Crippen LogP contribution < -0.4 is 20.5 Å². The number of anilines is 2. The zero-order valence-electron chi connectivity index (χ0n) is 26.6. The van der Waals surface area contributed by atoms with Crippen molar-refractivity contribution in [1.29, 1.82) is 0 Å². The molecule has 0 spiro atoms. The van der Waals surface area contributed by atoms with Crippen molar-refractivity contribution in [2.45, 2.75) is 56.3 Å². The quantitative estimate of drug-likeness (QED) is 0.123. The molecule has 2 aliphatic heterocycles. The van der Waals surface area contributed by atoms with Crippen molar-refractivity contribution in [2.24, 2.45) is 5.11 Å². The van der Waals surface area contributed by atoms with Crippen LogP contribution in [-0.2, 0) is 28.4 Å². The third-order valence-electron chi connectivity index (χ3n) is 8.39. The van der Waals surface area contributed by atoms with E-state index in [4.69, 9.17) is 15.0 Å². The Balaban J connectivity index is 1.21. The number of likely N-dealkylation sites (tertiary alicyclic amines) is 1. The van der Waals surface area contributed by atoms with Crippen LogP contribution in [0.15, 0.2) is 52.8 Å². The molecular weight excluding hydrogens is 678 g/mol. The van der Waals surface area contributed by atoms with E-state index in [0.717, 1.165) is 18.6 Å². The lowest BCUT2D eigenvalue weighted by Gasteiger charge is -2.36. The van der Waals surface area contributed by atoms with Crippen molar-refractivity contribution in [3.8, 4) is 5.75 Å². The highest BCUT2D eigenvalue weighted by atomic mass is 19.4. The average Bonchev–Trinajstić information content (AvgIpc) is 3.46. The maximum atomic E-state index is 14.2. The summed E-state index contributed by atoms with van der Waals surface area (Å²) in [5.74, 6) is 0.360. The summed E-state index contributed by atoms with van der Waals surface area (Å²) in [6.45, 7) is 0.223. The summed E-state index contributed by atoms with van der Waals surface area (Å²) in [4.78, 5) is 40.0. The maximum absolute atomic E-state index is 14.2. The van der Waals surface area contributed by atoms with E-state index in [9.17, 15) is 35.9 Å². The van der Waals surface area contributed by atoms with Gasteiger partial charge in [0.05, 0.1) is 43.8 Å². The summed E-state index contributed by atoms with van der Waals surface area (Å²) in [6, 6.07) is 5.14. The number of hydrogen-bond acceptors (Lipinski definition) is 10. The number of benzene rings is 1. The fraction of sp³-hybridized carbons (Fsp3) is 0.500.